The van der Waals surface area contributed by atoms with Crippen molar-refractivity contribution in [3.63, 3.8) is 0 Å². The van der Waals surface area contributed by atoms with Crippen molar-refractivity contribution in [2.45, 2.75) is 0 Å². The fourth-order valence-electron chi connectivity index (χ4n) is 0.460. The molecule has 1 atom stereocenters. The number of hydrogen-bond donors (Lipinski definition) is 1. The standard InChI is InChI=1S/C4H5N2O3P.Na.H/c7-10(8)9-6-3-1-2-5-4-6;;/h1-4,10H;;/p+1. The summed E-state index contributed by atoms with van der Waals surface area (Å²) >= 11 is 0. The second-order valence-corrected chi connectivity index (χ2v) is 2.19. The van der Waals surface area contributed by atoms with Crippen LogP contribution < -0.4 is 9.35 Å². The molecule has 0 saturated carbocycles. The second kappa shape index (κ2) is 5.69. The van der Waals surface area contributed by atoms with Gasteiger partial charge in [0.2, 0.25) is 0 Å². The minimum absolute atomic E-state index is 0. The SMILES string of the molecule is O=[PH](O)O[n+]1cccnc1.[NaH]. The molecule has 0 saturated heterocycles. The zero-order valence-electron chi connectivity index (χ0n) is 4.97. The van der Waals surface area contributed by atoms with Gasteiger partial charge in [0.15, 0.2) is 0 Å². The molecule has 11 heavy (non-hydrogen) atoms. The van der Waals surface area contributed by atoms with Gasteiger partial charge in [-0.2, -0.15) is 0 Å². The molecule has 0 bridgehead atoms. The van der Waals surface area contributed by atoms with E-state index in [1.54, 1.807) is 6.07 Å². The van der Waals surface area contributed by atoms with E-state index in [4.69, 9.17) is 4.89 Å². The van der Waals surface area contributed by atoms with Gasteiger partial charge in [-0.3, -0.25) is 4.62 Å². The summed E-state index contributed by atoms with van der Waals surface area (Å²) in [6, 6.07) is 1.59. The molecule has 1 aromatic rings. The molecule has 56 valence electrons. The van der Waals surface area contributed by atoms with Crippen LogP contribution in [0.2, 0.25) is 0 Å². The maximum absolute atomic E-state index is 10.1. The average molecular weight is 185 g/mol. The van der Waals surface area contributed by atoms with Crippen LogP contribution >= 0.6 is 8.25 Å². The van der Waals surface area contributed by atoms with Gasteiger partial charge in [0.25, 0.3) is 0 Å². The third-order valence-corrected chi connectivity index (χ3v) is 1.14. The van der Waals surface area contributed by atoms with Gasteiger partial charge in [-0.25, -0.2) is 4.57 Å². The average Bonchev–Trinajstić information content (AvgIpc) is 1.88. The van der Waals surface area contributed by atoms with Gasteiger partial charge < -0.3 is 4.89 Å². The Hall–Kier alpha value is 0.0700. The van der Waals surface area contributed by atoms with Gasteiger partial charge >= 0.3 is 44.1 Å². The van der Waals surface area contributed by atoms with Gasteiger partial charge in [-0.05, 0) is 4.73 Å². The predicted molar refractivity (Wildman–Crippen MR) is 39.4 cm³/mol. The topological polar surface area (TPSA) is 63.3 Å². The summed E-state index contributed by atoms with van der Waals surface area (Å²) in [4.78, 5) is 11.9. The van der Waals surface area contributed by atoms with Crippen LogP contribution in [0.5, 0.6) is 0 Å². The van der Waals surface area contributed by atoms with Crippen LogP contribution in [0, 0.1) is 0 Å². The first kappa shape index (κ1) is 11.1. The van der Waals surface area contributed by atoms with Crippen LogP contribution in [0.1, 0.15) is 0 Å². The zero-order valence-corrected chi connectivity index (χ0v) is 5.97. The molecule has 1 heterocycles. The first-order valence-electron chi connectivity index (χ1n) is 2.51. The predicted octanol–water partition coefficient (Wildman–Crippen LogP) is -1.47. The molecule has 1 unspecified atom stereocenters. The van der Waals surface area contributed by atoms with Crippen LogP contribution in [0.25, 0.3) is 0 Å². The van der Waals surface area contributed by atoms with Crippen molar-refractivity contribution in [2.24, 2.45) is 0 Å². The molecule has 0 aliphatic heterocycles. The molecule has 0 aromatic carbocycles. The fourth-order valence-corrected chi connectivity index (χ4v) is 0.748. The first-order valence-corrected chi connectivity index (χ1v) is 3.78. The van der Waals surface area contributed by atoms with E-state index in [0.717, 1.165) is 4.73 Å². The molecule has 0 spiro atoms. The van der Waals surface area contributed by atoms with Crippen LogP contribution in [-0.4, -0.2) is 39.4 Å². The molecule has 0 amide bonds. The Morgan fingerprint density at radius 2 is 2.36 bits per heavy atom. The van der Waals surface area contributed by atoms with E-state index in [0.29, 0.717) is 0 Å². The summed E-state index contributed by atoms with van der Waals surface area (Å²) in [6.07, 6.45) is 4.30. The van der Waals surface area contributed by atoms with Crippen molar-refractivity contribution in [1.82, 2.24) is 4.98 Å². The summed E-state index contributed by atoms with van der Waals surface area (Å²) in [5.74, 6) is 0. The fraction of sp³-hybridized carbons (Fsp3) is 0. The maximum atomic E-state index is 10.1. The summed E-state index contributed by atoms with van der Waals surface area (Å²) < 4.78 is 15.5. The van der Waals surface area contributed by atoms with Gasteiger partial charge in [-0.1, -0.05) is 4.98 Å². The van der Waals surface area contributed by atoms with Gasteiger partial charge in [-0.15, -0.1) is 0 Å². The third kappa shape index (κ3) is 4.50. The molecule has 1 rings (SSSR count). The number of aromatic nitrogens is 2. The summed E-state index contributed by atoms with van der Waals surface area (Å²) in [5, 5.41) is 0. The summed E-state index contributed by atoms with van der Waals surface area (Å²) in [5.41, 5.74) is 0. The van der Waals surface area contributed by atoms with Crippen molar-refractivity contribution in [2.75, 3.05) is 0 Å². The monoisotopic (exact) mass is 185 g/mol. The van der Waals surface area contributed by atoms with E-state index in [1.165, 1.54) is 18.7 Å². The van der Waals surface area contributed by atoms with E-state index in [9.17, 15) is 4.57 Å². The molecule has 5 nitrogen and oxygen atoms in total. The van der Waals surface area contributed by atoms with Crippen LogP contribution in [-0.2, 0) is 4.57 Å². The molecule has 1 aromatic heterocycles. The third-order valence-electron chi connectivity index (χ3n) is 0.769. The van der Waals surface area contributed by atoms with Crippen LogP contribution in [0.4, 0.5) is 0 Å². The minimum atomic E-state index is -2.91. The molecular formula is C4H7N2NaO3P+. The number of nitrogens with zero attached hydrogens (tertiary/aromatic N) is 2. The molecular weight excluding hydrogens is 178 g/mol. The Balaban J connectivity index is 0.000001000. The second-order valence-electron chi connectivity index (χ2n) is 1.47. The first-order chi connectivity index (χ1) is 4.79. The van der Waals surface area contributed by atoms with Crippen molar-refractivity contribution in [1.29, 1.82) is 0 Å². The molecule has 0 fully saturated rings. The molecule has 7 heteroatoms. The summed E-state index contributed by atoms with van der Waals surface area (Å²) in [6.45, 7) is 0. The van der Waals surface area contributed by atoms with Crippen molar-refractivity contribution < 1.29 is 18.8 Å². The quantitative estimate of drug-likeness (QED) is 0.347. The van der Waals surface area contributed by atoms with Crippen molar-refractivity contribution in [3.05, 3.63) is 24.8 Å². The van der Waals surface area contributed by atoms with E-state index in [2.05, 4.69) is 9.61 Å². The molecule has 1 N–H and O–H groups in total. The van der Waals surface area contributed by atoms with Crippen molar-refractivity contribution in [3.8, 4) is 0 Å². The van der Waals surface area contributed by atoms with Crippen LogP contribution in [0.15, 0.2) is 24.8 Å². The van der Waals surface area contributed by atoms with Crippen molar-refractivity contribution >= 4 is 37.8 Å². The van der Waals surface area contributed by atoms with E-state index < -0.39 is 8.25 Å². The normalized spacial score (nSPS) is 11.4. The van der Waals surface area contributed by atoms with E-state index in [1.807, 2.05) is 0 Å². The Labute approximate surface area is 86.2 Å². The van der Waals surface area contributed by atoms with Gasteiger partial charge in [0, 0.05) is 6.07 Å². The van der Waals surface area contributed by atoms with Gasteiger partial charge in [0.05, 0.1) is 0 Å². The Kier molecular flexibility index (Phi) is 5.72. The van der Waals surface area contributed by atoms with E-state index in [-0.39, 0.29) is 29.6 Å². The van der Waals surface area contributed by atoms with E-state index >= 15 is 0 Å². The molecule has 0 radical (unpaired) electrons. The number of hydrogen-bond acceptors (Lipinski definition) is 3. The number of rotatable bonds is 2. The Morgan fingerprint density at radius 1 is 1.64 bits per heavy atom. The summed E-state index contributed by atoms with van der Waals surface area (Å²) in [7, 11) is -2.91. The molecule has 0 aliphatic carbocycles. The molecule has 0 aliphatic rings. The zero-order chi connectivity index (χ0) is 7.40. The van der Waals surface area contributed by atoms with Crippen LogP contribution in [0.3, 0.4) is 0 Å². The Bertz CT molecular complexity index is 232. The Morgan fingerprint density at radius 3 is 2.82 bits per heavy atom. The van der Waals surface area contributed by atoms with Gasteiger partial charge in [0.1, 0.15) is 12.4 Å².